The van der Waals surface area contributed by atoms with Crippen molar-refractivity contribution in [1.82, 2.24) is 0 Å². The predicted molar refractivity (Wildman–Crippen MR) is 60.1 cm³/mol. The second-order valence-corrected chi connectivity index (χ2v) is 4.48. The highest BCUT2D eigenvalue weighted by molar-refractivity contribution is 8.15. The molecule has 2 nitrogen and oxygen atoms in total. The van der Waals surface area contributed by atoms with Gasteiger partial charge in [0.05, 0.1) is 10.8 Å². The maximum atomic E-state index is 10.9. The van der Waals surface area contributed by atoms with Crippen LogP contribution in [0.4, 0.5) is 0 Å². The fourth-order valence-electron chi connectivity index (χ4n) is 1.22. The van der Waals surface area contributed by atoms with E-state index in [4.69, 9.17) is 11.6 Å². The molecule has 1 aliphatic heterocycles. The predicted octanol–water partition coefficient (Wildman–Crippen LogP) is 2.55. The molecule has 1 aromatic carbocycles. The van der Waals surface area contributed by atoms with Crippen LogP contribution in [-0.2, 0) is 11.2 Å². The van der Waals surface area contributed by atoms with Gasteiger partial charge in [0.15, 0.2) is 0 Å². The summed E-state index contributed by atoms with van der Waals surface area (Å²) in [5.41, 5.74) is 1.13. The number of nitrogens with zero attached hydrogens (tertiary/aromatic N) is 1. The maximum Gasteiger partial charge on any atom is 0.256 e. The first-order chi connectivity index (χ1) is 6.74. The van der Waals surface area contributed by atoms with Crippen LogP contribution in [0, 0.1) is 0 Å². The van der Waals surface area contributed by atoms with Gasteiger partial charge in [-0.05, 0) is 17.7 Å². The molecule has 0 aliphatic carbocycles. The van der Waals surface area contributed by atoms with E-state index in [2.05, 4.69) is 4.99 Å². The normalized spacial score (nSPS) is 15.8. The van der Waals surface area contributed by atoms with Crippen molar-refractivity contribution in [2.75, 3.05) is 5.75 Å². The smallest absolute Gasteiger partial charge is 0.256 e. The molecule has 0 saturated heterocycles. The molecular formula is C10H8ClNOS. The Morgan fingerprint density at radius 3 is 2.64 bits per heavy atom. The van der Waals surface area contributed by atoms with Gasteiger partial charge in [0.2, 0.25) is 0 Å². The van der Waals surface area contributed by atoms with E-state index < -0.39 is 0 Å². The Labute approximate surface area is 91.4 Å². The molecular weight excluding hydrogens is 218 g/mol. The quantitative estimate of drug-likeness (QED) is 0.774. The topological polar surface area (TPSA) is 29.4 Å². The molecule has 1 aromatic rings. The highest BCUT2D eigenvalue weighted by Crippen LogP contribution is 2.18. The number of carbonyl (C=O) groups is 1. The first-order valence-corrected chi connectivity index (χ1v) is 5.58. The minimum Gasteiger partial charge on any atom is -0.272 e. The molecule has 0 saturated carbocycles. The third kappa shape index (κ3) is 2.36. The Hall–Kier alpha value is -0.800. The second-order valence-electron chi connectivity index (χ2n) is 2.99. The van der Waals surface area contributed by atoms with E-state index >= 15 is 0 Å². The van der Waals surface area contributed by atoms with E-state index in [0.29, 0.717) is 5.75 Å². The van der Waals surface area contributed by atoms with E-state index in [-0.39, 0.29) is 5.91 Å². The average molecular weight is 226 g/mol. The van der Waals surface area contributed by atoms with Gasteiger partial charge in [0.1, 0.15) is 0 Å². The van der Waals surface area contributed by atoms with Gasteiger partial charge in [-0.15, -0.1) is 11.8 Å². The molecule has 0 radical (unpaired) electrons. The van der Waals surface area contributed by atoms with Crippen LogP contribution in [0.15, 0.2) is 29.3 Å². The van der Waals surface area contributed by atoms with Crippen molar-refractivity contribution in [3.63, 3.8) is 0 Å². The minimum absolute atomic E-state index is 0.0287. The number of hydrogen-bond donors (Lipinski definition) is 0. The number of aliphatic imine (C=N–C) groups is 1. The third-order valence-electron chi connectivity index (χ3n) is 1.88. The van der Waals surface area contributed by atoms with Crippen LogP contribution in [0.3, 0.4) is 0 Å². The molecule has 0 fully saturated rings. The van der Waals surface area contributed by atoms with Crippen molar-refractivity contribution in [3.8, 4) is 0 Å². The Balaban J connectivity index is 2.08. The summed E-state index contributed by atoms with van der Waals surface area (Å²) >= 11 is 7.28. The standard InChI is InChI=1S/C10H8ClNOS/c11-8-3-1-7(2-4-8)5-10-12-9(13)6-14-10/h1-4H,5-6H2. The minimum atomic E-state index is -0.0287. The summed E-state index contributed by atoms with van der Waals surface area (Å²) in [7, 11) is 0. The largest absolute Gasteiger partial charge is 0.272 e. The number of thioether (sulfide) groups is 1. The van der Waals surface area contributed by atoms with Crippen LogP contribution in [0.5, 0.6) is 0 Å². The monoisotopic (exact) mass is 225 g/mol. The molecule has 0 unspecified atom stereocenters. The lowest BCUT2D eigenvalue weighted by Crippen LogP contribution is -1.94. The zero-order chi connectivity index (χ0) is 9.97. The van der Waals surface area contributed by atoms with Crippen molar-refractivity contribution in [1.29, 1.82) is 0 Å². The molecule has 1 amide bonds. The summed E-state index contributed by atoms with van der Waals surface area (Å²) in [4.78, 5) is 14.8. The van der Waals surface area contributed by atoms with Gasteiger partial charge in [-0.25, -0.2) is 4.99 Å². The van der Waals surface area contributed by atoms with E-state index in [1.165, 1.54) is 11.8 Å². The number of carbonyl (C=O) groups excluding carboxylic acids is 1. The summed E-state index contributed by atoms with van der Waals surface area (Å²) < 4.78 is 0. The van der Waals surface area contributed by atoms with E-state index in [1.54, 1.807) is 0 Å². The van der Waals surface area contributed by atoms with Gasteiger partial charge >= 0.3 is 0 Å². The summed E-state index contributed by atoms with van der Waals surface area (Å²) in [5, 5.41) is 1.63. The lowest BCUT2D eigenvalue weighted by Gasteiger charge is -1.99. The van der Waals surface area contributed by atoms with E-state index in [1.807, 2.05) is 24.3 Å². The van der Waals surface area contributed by atoms with Crippen molar-refractivity contribution in [2.45, 2.75) is 6.42 Å². The molecule has 0 bridgehead atoms. The van der Waals surface area contributed by atoms with Gasteiger partial charge in [0.25, 0.3) is 5.91 Å². The van der Waals surface area contributed by atoms with Gasteiger partial charge < -0.3 is 0 Å². The van der Waals surface area contributed by atoms with Crippen LogP contribution < -0.4 is 0 Å². The molecule has 2 rings (SSSR count). The van der Waals surface area contributed by atoms with Crippen LogP contribution in [0.25, 0.3) is 0 Å². The van der Waals surface area contributed by atoms with Crippen LogP contribution in [-0.4, -0.2) is 16.7 Å². The molecule has 72 valence electrons. The maximum absolute atomic E-state index is 10.9. The zero-order valence-corrected chi connectivity index (χ0v) is 8.94. The van der Waals surface area contributed by atoms with Crippen molar-refractivity contribution < 1.29 is 4.79 Å². The molecule has 0 N–H and O–H groups in total. The van der Waals surface area contributed by atoms with Gasteiger partial charge in [0, 0.05) is 11.4 Å². The van der Waals surface area contributed by atoms with Crippen molar-refractivity contribution in [2.24, 2.45) is 4.99 Å². The van der Waals surface area contributed by atoms with Crippen LogP contribution >= 0.6 is 23.4 Å². The van der Waals surface area contributed by atoms with Gasteiger partial charge in [-0.1, -0.05) is 23.7 Å². The molecule has 1 heterocycles. The molecule has 4 heteroatoms. The second kappa shape index (κ2) is 4.15. The van der Waals surface area contributed by atoms with E-state index in [9.17, 15) is 4.79 Å². The first-order valence-electron chi connectivity index (χ1n) is 4.22. The molecule has 0 atom stereocenters. The SMILES string of the molecule is O=C1CSC(Cc2ccc(Cl)cc2)=N1. The fourth-order valence-corrected chi connectivity index (χ4v) is 2.13. The van der Waals surface area contributed by atoms with Crippen LogP contribution in [0.1, 0.15) is 5.56 Å². The van der Waals surface area contributed by atoms with E-state index in [0.717, 1.165) is 22.1 Å². The number of rotatable bonds is 2. The Bertz CT molecular complexity index is 386. The zero-order valence-electron chi connectivity index (χ0n) is 7.37. The summed E-state index contributed by atoms with van der Waals surface area (Å²) in [6.45, 7) is 0. The number of amides is 1. The van der Waals surface area contributed by atoms with Crippen molar-refractivity contribution in [3.05, 3.63) is 34.9 Å². The number of hydrogen-bond acceptors (Lipinski definition) is 2. The first kappa shape index (κ1) is 9.74. The fraction of sp³-hybridized carbons (Fsp3) is 0.200. The highest BCUT2D eigenvalue weighted by atomic mass is 35.5. The molecule has 0 spiro atoms. The summed E-state index contributed by atoms with van der Waals surface area (Å²) in [6.07, 6.45) is 0.730. The summed E-state index contributed by atoms with van der Waals surface area (Å²) in [5.74, 6) is 0.460. The lowest BCUT2D eigenvalue weighted by atomic mass is 10.2. The van der Waals surface area contributed by atoms with Crippen LogP contribution in [0.2, 0.25) is 5.02 Å². The molecule has 14 heavy (non-hydrogen) atoms. The molecule has 1 aliphatic rings. The number of benzene rings is 1. The highest BCUT2D eigenvalue weighted by Gasteiger charge is 2.14. The Kier molecular flexibility index (Phi) is 2.89. The molecule has 0 aromatic heterocycles. The van der Waals surface area contributed by atoms with Gasteiger partial charge in [-0.2, -0.15) is 0 Å². The average Bonchev–Trinajstić information content (AvgIpc) is 2.56. The third-order valence-corrected chi connectivity index (χ3v) is 3.09. The Morgan fingerprint density at radius 2 is 2.07 bits per heavy atom. The Morgan fingerprint density at radius 1 is 1.36 bits per heavy atom. The summed E-state index contributed by atoms with van der Waals surface area (Å²) in [6, 6.07) is 7.60. The lowest BCUT2D eigenvalue weighted by molar-refractivity contribution is -0.115. The number of halogens is 1. The van der Waals surface area contributed by atoms with Crippen molar-refractivity contribution >= 4 is 34.3 Å². The van der Waals surface area contributed by atoms with Gasteiger partial charge in [-0.3, -0.25) is 4.79 Å².